The first-order valence-electron chi connectivity index (χ1n) is 9.81. The number of halogens is 1. The molecule has 164 valence electrons. The fourth-order valence-electron chi connectivity index (χ4n) is 3.35. The van der Waals surface area contributed by atoms with Gasteiger partial charge in [-0.2, -0.15) is 0 Å². The largest absolute Gasteiger partial charge is 0.345 e. The summed E-state index contributed by atoms with van der Waals surface area (Å²) in [6.07, 6.45) is 1.64. The molecule has 0 saturated carbocycles. The molecule has 0 unspecified atom stereocenters. The van der Waals surface area contributed by atoms with E-state index in [9.17, 15) is 17.6 Å². The van der Waals surface area contributed by atoms with E-state index in [-0.39, 0.29) is 11.7 Å². The summed E-state index contributed by atoms with van der Waals surface area (Å²) < 4.78 is 37.3. The highest BCUT2D eigenvalue weighted by Gasteiger charge is 2.23. The Morgan fingerprint density at radius 2 is 1.84 bits per heavy atom. The van der Waals surface area contributed by atoms with Gasteiger partial charge in [0.25, 0.3) is 0 Å². The number of sulfone groups is 1. The molecule has 2 heterocycles. The van der Waals surface area contributed by atoms with Gasteiger partial charge in [0.15, 0.2) is 15.0 Å². The van der Waals surface area contributed by atoms with Crippen LogP contribution in [0.25, 0.3) is 10.2 Å². The molecule has 0 atom stereocenters. The summed E-state index contributed by atoms with van der Waals surface area (Å²) in [5.41, 5.74) is 0.781. The zero-order valence-electron chi connectivity index (χ0n) is 17.0. The second-order valence-corrected chi connectivity index (χ2v) is 11.5. The number of thiazole rings is 1. The van der Waals surface area contributed by atoms with Crippen LogP contribution in [0.2, 0.25) is 0 Å². The smallest absolute Gasteiger partial charge is 0.223 e. The molecule has 1 fully saturated rings. The lowest BCUT2D eigenvalue weighted by Crippen LogP contribution is -2.48. The number of rotatable bonds is 6. The number of hydrogen-bond acceptors (Lipinski definition) is 7. The topological polar surface area (TPSA) is 70.6 Å². The molecular formula is C21H22FN3O3S3. The average Bonchev–Trinajstić information content (AvgIpc) is 3.18. The predicted octanol–water partition coefficient (Wildman–Crippen LogP) is 3.67. The summed E-state index contributed by atoms with van der Waals surface area (Å²) in [6.45, 7) is 2.64. The second kappa shape index (κ2) is 9.13. The minimum Gasteiger partial charge on any atom is -0.345 e. The zero-order chi connectivity index (χ0) is 22.0. The van der Waals surface area contributed by atoms with Crippen molar-refractivity contribution in [2.75, 3.05) is 43.1 Å². The third kappa shape index (κ3) is 5.36. The van der Waals surface area contributed by atoms with Crippen LogP contribution in [0, 0.1) is 5.82 Å². The predicted molar refractivity (Wildman–Crippen MR) is 123 cm³/mol. The summed E-state index contributed by atoms with van der Waals surface area (Å²) in [6, 6.07) is 11.3. The fourth-order valence-corrected chi connectivity index (χ4v) is 5.97. The number of carbonyl (C=O) groups excluding carboxylic acids is 1. The molecule has 10 heteroatoms. The molecule has 4 rings (SSSR count). The molecule has 1 aromatic heterocycles. The quantitative estimate of drug-likeness (QED) is 0.503. The molecule has 6 nitrogen and oxygen atoms in total. The van der Waals surface area contributed by atoms with Crippen molar-refractivity contribution < 1.29 is 17.6 Å². The van der Waals surface area contributed by atoms with Crippen molar-refractivity contribution in [3.63, 3.8) is 0 Å². The summed E-state index contributed by atoms with van der Waals surface area (Å²) in [5, 5.41) is 0.847. The number of nitrogens with zero attached hydrogens (tertiary/aromatic N) is 3. The Hall–Kier alpha value is -2.17. The monoisotopic (exact) mass is 479 g/mol. The van der Waals surface area contributed by atoms with Crippen LogP contribution in [0.15, 0.2) is 52.3 Å². The number of hydrogen-bond donors (Lipinski definition) is 0. The Morgan fingerprint density at radius 3 is 2.52 bits per heavy atom. The van der Waals surface area contributed by atoms with Crippen molar-refractivity contribution in [3.8, 4) is 0 Å². The van der Waals surface area contributed by atoms with Crippen LogP contribution >= 0.6 is 23.1 Å². The number of carbonyl (C=O) groups is 1. The molecule has 1 aliphatic rings. The molecule has 3 aromatic rings. The highest BCUT2D eigenvalue weighted by molar-refractivity contribution is 7.99. The lowest BCUT2D eigenvalue weighted by atomic mass is 10.3. The number of amides is 1. The van der Waals surface area contributed by atoms with Crippen molar-refractivity contribution in [1.82, 2.24) is 9.88 Å². The number of benzene rings is 2. The van der Waals surface area contributed by atoms with E-state index in [2.05, 4.69) is 9.88 Å². The number of fused-ring (bicyclic) bond motifs is 1. The van der Waals surface area contributed by atoms with E-state index in [1.807, 2.05) is 4.90 Å². The SMILES string of the molecule is CS(=O)(=O)c1ccc2nc(N3CCN(C(=O)CCSc4ccc(F)cc4)CC3)sc2c1. The standard InChI is InChI=1S/C21H22FN3O3S3/c1-31(27,28)17-6-7-18-19(14-17)30-21(23-18)25-11-9-24(10-12-25)20(26)8-13-29-16-4-2-15(22)3-5-16/h2-7,14H,8-13H2,1H3. The number of anilines is 1. The van der Waals surface area contributed by atoms with Gasteiger partial charge in [0, 0.05) is 49.5 Å². The lowest BCUT2D eigenvalue weighted by molar-refractivity contribution is -0.131. The van der Waals surface area contributed by atoms with Crippen molar-refractivity contribution >= 4 is 54.2 Å². The first-order valence-corrected chi connectivity index (χ1v) is 13.5. The molecular weight excluding hydrogens is 457 g/mol. The number of aromatic nitrogens is 1. The first kappa shape index (κ1) is 22.0. The van der Waals surface area contributed by atoms with Crippen molar-refractivity contribution in [2.24, 2.45) is 0 Å². The van der Waals surface area contributed by atoms with E-state index in [1.165, 1.54) is 29.7 Å². The summed E-state index contributed by atoms with van der Waals surface area (Å²) in [7, 11) is -3.25. The zero-order valence-corrected chi connectivity index (χ0v) is 19.4. The van der Waals surface area contributed by atoms with Gasteiger partial charge in [0.1, 0.15) is 5.82 Å². The van der Waals surface area contributed by atoms with Gasteiger partial charge >= 0.3 is 0 Å². The number of piperazine rings is 1. The molecule has 2 aromatic carbocycles. The highest BCUT2D eigenvalue weighted by atomic mass is 32.2. The maximum absolute atomic E-state index is 13.0. The van der Waals surface area contributed by atoms with E-state index in [4.69, 9.17) is 0 Å². The van der Waals surface area contributed by atoms with E-state index >= 15 is 0 Å². The molecule has 31 heavy (non-hydrogen) atoms. The minimum atomic E-state index is -3.25. The van der Waals surface area contributed by atoms with E-state index in [1.54, 1.807) is 42.1 Å². The van der Waals surface area contributed by atoms with Gasteiger partial charge in [-0.05, 0) is 42.5 Å². The Kier molecular flexibility index (Phi) is 6.49. The Morgan fingerprint density at radius 1 is 1.13 bits per heavy atom. The van der Waals surface area contributed by atoms with Crippen molar-refractivity contribution in [1.29, 1.82) is 0 Å². The van der Waals surface area contributed by atoms with Crippen LogP contribution in [-0.2, 0) is 14.6 Å². The Balaban J connectivity index is 1.30. The van der Waals surface area contributed by atoms with E-state index < -0.39 is 9.84 Å². The van der Waals surface area contributed by atoms with Gasteiger partial charge in [-0.15, -0.1) is 11.8 Å². The van der Waals surface area contributed by atoms with Crippen LogP contribution in [-0.4, -0.2) is 62.4 Å². The van der Waals surface area contributed by atoms with Crippen molar-refractivity contribution in [3.05, 3.63) is 48.3 Å². The third-order valence-electron chi connectivity index (χ3n) is 5.08. The average molecular weight is 480 g/mol. The third-order valence-corrected chi connectivity index (χ3v) is 8.28. The Bertz CT molecular complexity index is 1190. The second-order valence-electron chi connectivity index (χ2n) is 7.32. The van der Waals surface area contributed by atoms with E-state index in [0.29, 0.717) is 43.2 Å². The molecule has 0 N–H and O–H groups in total. The van der Waals surface area contributed by atoms with Crippen LogP contribution in [0.4, 0.5) is 9.52 Å². The molecule has 0 radical (unpaired) electrons. The summed E-state index contributed by atoms with van der Waals surface area (Å²) >= 11 is 3.02. The normalized spacial score (nSPS) is 14.9. The maximum atomic E-state index is 13.0. The minimum absolute atomic E-state index is 0.122. The van der Waals surface area contributed by atoms with Crippen LogP contribution in [0.5, 0.6) is 0 Å². The lowest BCUT2D eigenvalue weighted by Gasteiger charge is -2.34. The van der Waals surface area contributed by atoms with Gasteiger partial charge in [0.05, 0.1) is 15.1 Å². The first-order chi connectivity index (χ1) is 14.8. The van der Waals surface area contributed by atoms with Gasteiger partial charge in [-0.25, -0.2) is 17.8 Å². The molecule has 1 amide bonds. The number of thioether (sulfide) groups is 1. The van der Waals surface area contributed by atoms with Gasteiger partial charge in [0.2, 0.25) is 5.91 Å². The van der Waals surface area contributed by atoms with Gasteiger partial charge in [-0.1, -0.05) is 11.3 Å². The molecule has 1 aliphatic heterocycles. The van der Waals surface area contributed by atoms with Gasteiger partial charge < -0.3 is 9.80 Å². The molecule has 0 bridgehead atoms. The van der Waals surface area contributed by atoms with E-state index in [0.717, 1.165) is 20.2 Å². The summed E-state index contributed by atoms with van der Waals surface area (Å²) in [4.78, 5) is 22.4. The Labute approximate surface area is 189 Å². The molecule has 0 aliphatic carbocycles. The molecule has 1 saturated heterocycles. The van der Waals surface area contributed by atoms with Crippen LogP contribution < -0.4 is 4.90 Å². The summed E-state index contributed by atoms with van der Waals surface area (Å²) in [5.74, 6) is 0.518. The fraction of sp³-hybridized carbons (Fsp3) is 0.333. The maximum Gasteiger partial charge on any atom is 0.223 e. The highest BCUT2D eigenvalue weighted by Crippen LogP contribution is 2.31. The van der Waals surface area contributed by atoms with Gasteiger partial charge in [-0.3, -0.25) is 4.79 Å². The van der Waals surface area contributed by atoms with Crippen molar-refractivity contribution in [2.45, 2.75) is 16.2 Å². The molecule has 0 spiro atoms. The van der Waals surface area contributed by atoms with Crippen LogP contribution in [0.1, 0.15) is 6.42 Å². The van der Waals surface area contributed by atoms with Crippen LogP contribution in [0.3, 0.4) is 0 Å².